The van der Waals surface area contributed by atoms with Gasteiger partial charge in [-0.15, -0.1) is 0 Å². The number of carbonyl (C=O) groups excluding carboxylic acids is 1. The summed E-state index contributed by atoms with van der Waals surface area (Å²) in [4.78, 5) is 11.1. The minimum Gasteiger partial charge on any atom is -0.492 e. The summed E-state index contributed by atoms with van der Waals surface area (Å²) in [5, 5.41) is 4.81. The SMILES string of the molecule is CCOc1ccc(S(=O)(=O)Cl)cc1NC(=O)NC. The van der Waals surface area contributed by atoms with E-state index in [4.69, 9.17) is 15.4 Å². The molecule has 8 heteroatoms. The molecular weight excluding hydrogens is 280 g/mol. The van der Waals surface area contributed by atoms with E-state index >= 15 is 0 Å². The van der Waals surface area contributed by atoms with Crippen LogP contribution in [-0.4, -0.2) is 28.1 Å². The summed E-state index contributed by atoms with van der Waals surface area (Å²) in [6.07, 6.45) is 0. The van der Waals surface area contributed by atoms with E-state index in [0.717, 1.165) is 0 Å². The Morgan fingerprint density at radius 1 is 1.44 bits per heavy atom. The molecule has 0 aliphatic rings. The van der Waals surface area contributed by atoms with Crippen LogP contribution in [0.15, 0.2) is 23.1 Å². The van der Waals surface area contributed by atoms with Crippen LogP contribution in [0.3, 0.4) is 0 Å². The Morgan fingerprint density at radius 3 is 2.61 bits per heavy atom. The van der Waals surface area contributed by atoms with Crippen molar-refractivity contribution in [2.75, 3.05) is 19.0 Å². The van der Waals surface area contributed by atoms with Gasteiger partial charge in [-0.2, -0.15) is 0 Å². The van der Waals surface area contributed by atoms with Crippen LogP contribution in [0.5, 0.6) is 5.75 Å². The van der Waals surface area contributed by atoms with Crippen LogP contribution < -0.4 is 15.4 Å². The molecule has 2 N–H and O–H groups in total. The van der Waals surface area contributed by atoms with Crippen LogP contribution in [0.4, 0.5) is 10.5 Å². The van der Waals surface area contributed by atoms with Crippen molar-refractivity contribution in [1.82, 2.24) is 5.32 Å². The van der Waals surface area contributed by atoms with Gasteiger partial charge in [-0.05, 0) is 25.1 Å². The molecular formula is C10H13ClN2O4S. The molecule has 1 aromatic carbocycles. The normalized spacial score (nSPS) is 10.8. The zero-order chi connectivity index (χ0) is 13.8. The van der Waals surface area contributed by atoms with Gasteiger partial charge in [0.15, 0.2) is 0 Å². The van der Waals surface area contributed by atoms with Gasteiger partial charge in [-0.25, -0.2) is 13.2 Å². The standard InChI is InChI=1S/C10H13ClN2O4S/c1-3-17-9-5-4-7(18(11,15)16)6-8(9)13-10(14)12-2/h4-6H,3H2,1-2H3,(H2,12,13,14). The van der Waals surface area contributed by atoms with Crippen molar-refractivity contribution in [3.8, 4) is 5.75 Å². The molecule has 0 aliphatic carbocycles. The van der Waals surface area contributed by atoms with Crippen LogP contribution in [0.1, 0.15) is 6.92 Å². The first-order valence-electron chi connectivity index (χ1n) is 5.08. The van der Waals surface area contributed by atoms with Gasteiger partial charge in [0, 0.05) is 17.7 Å². The molecule has 0 aromatic heterocycles. The van der Waals surface area contributed by atoms with Gasteiger partial charge in [0.25, 0.3) is 9.05 Å². The molecule has 0 heterocycles. The molecule has 0 spiro atoms. The molecule has 0 aliphatic heterocycles. The fourth-order valence-corrected chi connectivity index (χ4v) is 2.00. The van der Waals surface area contributed by atoms with Crippen LogP contribution in [-0.2, 0) is 9.05 Å². The predicted molar refractivity (Wildman–Crippen MR) is 68.7 cm³/mol. The van der Waals surface area contributed by atoms with E-state index in [-0.39, 0.29) is 10.6 Å². The van der Waals surface area contributed by atoms with E-state index in [1.807, 2.05) is 0 Å². The summed E-state index contributed by atoms with van der Waals surface area (Å²) < 4.78 is 27.7. The van der Waals surface area contributed by atoms with E-state index in [0.29, 0.717) is 12.4 Å². The fraction of sp³-hybridized carbons (Fsp3) is 0.300. The van der Waals surface area contributed by atoms with Crippen molar-refractivity contribution in [3.63, 3.8) is 0 Å². The summed E-state index contributed by atoms with van der Waals surface area (Å²) in [7, 11) is 2.82. The fourth-order valence-electron chi connectivity index (χ4n) is 1.22. The minimum absolute atomic E-state index is 0.112. The highest BCUT2D eigenvalue weighted by Gasteiger charge is 2.14. The Labute approximate surface area is 110 Å². The van der Waals surface area contributed by atoms with Gasteiger partial charge in [-0.3, -0.25) is 0 Å². The van der Waals surface area contributed by atoms with Gasteiger partial charge >= 0.3 is 6.03 Å². The number of hydrogen-bond donors (Lipinski definition) is 2. The van der Waals surface area contributed by atoms with Crippen molar-refractivity contribution >= 4 is 31.5 Å². The van der Waals surface area contributed by atoms with Crippen molar-refractivity contribution in [2.24, 2.45) is 0 Å². The second-order valence-electron chi connectivity index (χ2n) is 3.23. The third-order valence-electron chi connectivity index (χ3n) is 2.01. The number of amides is 2. The first-order chi connectivity index (χ1) is 8.38. The second kappa shape index (κ2) is 5.92. The summed E-state index contributed by atoms with van der Waals surface area (Å²) in [5.74, 6) is 0.366. The number of benzene rings is 1. The third kappa shape index (κ3) is 3.78. The van der Waals surface area contributed by atoms with E-state index < -0.39 is 15.1 Å². The molecule has 6 nitrogen and oxygen atoms in total. The maximum absolute atomic E-state index is 11.2. The number of halogens is 1. The number of urea groups is 1. The monoisotopic (exact) mass is 292 g/mol. The maximum Gasteiger partial charge on any atom is 0.319 e. The topological polar surface area (TPSA) is 84.5 Å². The molecule has 2 amide bonds. The Kier molecular flexibility index (Phi) is 4.80. The van der Waals surface area contributed by atoms with Gasteiger partial charge < -0.3 is 15.4 Å². The molecule has 0 atom stereocenters. The Morgan fingerprint density at radius 2 is 2.11 bits per heavy atom. The summed E-state index contributed by atoms with van der Waals surface area (Å²) in [5.41, 5.74) is 0.234. The van der Waals surface area contributed by atoms with Crippen molar-refractivity contribution in [2.45, 2.75) is 11.8 Å². The first kappa shape index (κ1) is 14.6. The van der Waals surface area contributed by atoms with Gasteiger partial charge in [0.2, 0.25) is 0 Å². The summed E-state index contributed by atoms with van der Waals surface area (Å²) in [6, 6.07) is 3.50. The average Bonchev–Trinajstić information content (AvgIpc) is 2.30. The molecule has 1 aromatic rings. The lowest BCUT2D eigenvalue weighted by atomic mass is 10.3. The lowest BCUT2D eigenvalue weighted by Gasteiger charge is -2.12. The lowest BCUT2D eigenvalue weighted by molar-refractivity contribution is 0.253. The Hall–Kier alpha value is -1.47. The van der Waals surface area contributed by atoms with E-state index in [2.05, 4.69) is 10.6 Å². The van der Waals surface area contributed by atoms with Gasteiger partial charge in [-0.1, -0.05) is 0 Å². The van der Waals surface area contributed by atoms with Crippen molar-refractivity contribution in [3.05, 3.63) is 18.2 Å². The molecule has 100 valence electrons. The number of nitrogens with one attached hydrogen (secondary N) is 2. The molecule has 0 saturated carbocycles. The highest BCUT2D eigenvalue weighted by molar-refractivity contribution is 8.13. The largest absolute Gasteiger partial charge is 0.492 e. The molecule has 1 rings (SSSR count). The zero-order valence-electron chi connectivity index (χ0n) is 9.86. The molecule has 18 heavy (non-hydrogen) atoms. The number of rotatable bonds is 4. The molecule has 0 unspecified atom stereocenters. The smallest absolute Gasteiger partial charge is 0.319 e. The van der Waals surface area contributed by atoms with E-state index in [1.54, 1.807) is 6.92 Å². The molecule has 0 radical (unpaired) electrons. The maximum atomic E-state index is 11.2. The number of ether oxygens (including phenoxy) is 1. The van der Waals surface area contributed by atoms with Crippen LogP contribution in [0.2, 0.25) is 0 Å². The third-order valence-corrected chi connectivity index (χ3v) is 3.36. The van der Waals surface area contributed by atoms with E-state index in [1.165, 1.54) is 25.2 Å². The number of hydrogen-bond acceptors (Lipinski definition) is 4. The Balaban J connectivity index is 3.19. The molecule has 0 fully saturated rings. The average molecular weight is 293 g/mol. The minimum atomic E-state index is -3.85. The van der Waals surface area contributed by atoms with Crippen molar-refractivity contribution < 1.29 is 17.9 Å². The molecule has 0 bridgehead atoms. The summed E-state index contributed by atoms with van der Waals surface area (Å²) >= 11 is 0. The number of anilines is 1. The quantitative estimate of drug-likeness (QED) is 0.828. The van der Waals surface area contributed by atoms with Crippen LogP contribution in [0.25, 0.3) is 0 Å². The second-order valence-corrected chi connectivity index (χ2v) is 5.80. The van der Waals surface area contributed by atoms with Gasteiger partial charge in [0.05, 0.1) is 17.2 Å². The lowest BCUT2D eigenvalue weighted by Crippen LogP contribution is -2.24. The Bertz CT molecular complexity index is 545. The van der Waals surface area contributed by atoms with Crippen molar-refractivity contribution in [1.29, 1.82) is 0 Å². The molecule has 0 saturated heterocycles. The summed E-state index contributed by atoms with van der Waals surface area (Å²) in [6.45, 7) is 2.16. The van der Waals surface area contributed by atoms with Crippen LogP contribution >= 0.6 is 10.7 Å². The van der Waals surface area contributed by atoms with Crippen LogP contribution in [0, 0.1) is 0 Å². The number of carbonyl (C=O) groups is 1. The zero-order valence-corrected chi connectivity index (χ0v) is 11.4. The first-order valence-corrected chi connectivity index (χ1v) is 7.39. The predicted octanol–water partition coefficient (Wildman–Crippen LogP) is 1.76. The highest BCUT2D eigenvalue weighted by Crippen LogP contribution is 2.29. The van der Waals surface area contributed by atoms with Gasteiger partial charge in [0.1, 0.15) is 5.75 Å². The van der Waals surface area contributed by atoms with E-state index in [9.17, 15) is 13.2 Å². The highest BCUT2D eigenvalue weighted by atomic mass is 35.7.